The summed E-state index contributed by atoms with van der Waals surface area (Å²) in [7, 11) is 0. The van der Waals surface area contributed by atoms with Crippen LogP contribution >= 0.6 is 0 Å². The Morgan fingerprint density at radius 2 is 0.667 bits per heavy atom. The summed E-state index contributed by atoms with van der Waals surface area (Å²) in [6.45, 7) is 6.89. The SMILES string of the molecule is C[C@@H]1CC[C@@H](c2cc3cn[nH]c3cc2F)N(C(=O)C(=O)Nc2cncc(C(N)=O)c2)C1.C[C@@H]1CC[C@@H](c2cc3cn[nH]c3cc2F)N(C(=O)C(=O)Nc2cncc(C(N)=O)c2)C1.C[C@H]1CC[C@H](c2cc3cn[nH]c3cc2F)N(C(=O)C(=O)Nc2cncc(C(N)=O)c2)C1. The van der Waals surface area contributed by atoms with Gasteiger partial charge >= 0.3 is 35.4 Å². The smallest absolute Gasteiger partial charge is 0.313 e. The van der Waals surface area contributed by atoms with Crippen LogP contribution in [0.2, 0.25) is 0 Å². The molecule has 3 saturated heterocycles. The fraction of sp³-hybridized carbons (Fsp3) is 0.286. The molecule has 3 aliphatic rings. The summed E-state index contributed by atoms with van der Waals surface area (Å²) in [5.41, 5.74) is 19.2. The number of piperidine rings is 3. The number of carbonyl (C=O) groups is 9. The summed E-state index contributed by atoms with van der Waals surface area (Å²) in [6, 6.07) is 11.3. The number of primary amides is 3. The number of hydrogen-bond acceptors (Lipinski definition) is 15. The first-order valence-corrected chi connectivity index (χ1v) is 29.5. The molecule has 12 N–H and O–H groups in total. The summed E-state index contributed by atoms with van der Waals surface area (Å²) in [5, 5.41) is 29.4. The fourth-order valence-electron chi connectivity index (χ4n) is 11.7. The van der Waals surface area contributed by atoms with Crippen LogP contribution in [-0.2, 0) is 28.8 Å². The van der Waals surface area contributed by atoms with Crippen molar-refractivity contribution in [2.75, 3.05) is 35.6 Å². The first kappa shape index (κ1) is 64.5. The maximum Gasteiger partial charge on any atom is 0.313 e. The molecule has 0 radical (unpaired) electrons. The van der Waals surface area contributed by atoms with Crippen molar-refractivity contribution in [1.29, 1.82) is 0 Å². The monoisotopic (exact) mass is 1270 g/mol. The highest BCUT2D eigenvalue weighted by atomic mass is 19.1. The first-order chi connectivity index (χ1) is 44.5. The van der Waals surface area contributed by atoms with Gasteiger partial charge in [0, 0.05) is 71.1 Å². The quantitative estimate of drug-likeness (QED) is 0.0706. The molecule has 93 heavy (non-hydrogen) atoms. The largest absolute Gasteiger partial charge is 0.366 e. The molecule has 3 fully saturated rings. The van der Waals surface area contributed by atoms with Gasteiger partial charge in [0.2, 0.25) is 17.7 Å². The van der Waals surface area contributed by atoms with Crippen molar-refractivity contribution in [2.24, 2.45) is 35.0 Å². The number of amides is 9. The maximum absolute atomic E-state index is 14.8. The topological polar surface area (TPSA) is 402 Å². The Morgan fingerprint density at radius 1 is 0.398 bits per heavy atom. The predicted octanol–water partition coefficient (Wildman–Crippen LogP) is 6.40. The zero-order valence-corrected chi connectivity index (χ0v) is 50.3. The summed E-state index contributed by atoms with van der Waals surface area (Å²) < 4.78 is 44.5. The minimum atomic E-state index is -0.896. The van der Waals surface area contributed by atoms with E-state index in [2.05, 4.69) is 61.5 Å². The van der Waals surface area contributed by atoms with Crippen molar-refractivity contribution < 1.29 is 56.3 Å². The highest BCUT2D eigenvalue weighted by molar-refractivity contribution is 6.40. The molecule has 0 aliphatic carbocycles. The Morgan fingerprint density at radius 3 is 0.925 bits per heavy atom. The molecular weight excluding hydrogens is 1210 g/mol. The minimum absolute atomic E-state index is 0.102. The van der Waals surface area contributed by atoms with Gasteiger partial charge in [-0.1, -0.05) is 20.8 Å². The van der Waals surface area contributed by atoms with Crippen LogP contribution in [0.15, 0.2) is 110 Å². The van der Waals surface area contributed by atoms with Gasteiger partial charge in [-0.15, -0.1) is 0 Å². The second kappa shape index (κ2) is 27.7. The lowest BCUT2D eigenvalue weighted by Gasteiger charge is -2.38. The van der Waals surface area contributed by atoms with E-state index in [1.165, 1.54) is 88.3 Å². The molecule has 0 spiro atoms. The fourth-order valence-corrected chi connectivity index (χ4v) is 11.7. The number of H-pyrrole nitrogens is 3. The number of nitrogens with two attached hydrogens (primary N) is 3. The molecule has 0 saturated carbocycles. The molecular formula is C63H63F3N18O9. The third-order valence-corrected chi connectivity index (χ3v) is 16.4. The number of aromatic amines is 3. The van der Waals surface area contributed by atoms with E-state index < -0.39 is 88.7 Å². The number of rotatable bonds is 9. The van der Waals surface area contributed by atoms with Gasteiger partial charge in [-0.25, -0.2) is 13.2 Å². The molecule has 27 nitrogen and oxygen atoms in total. The van der Waals surface area contributed by atoms with Crippen LogP contribution in [-0.4, -0.2) is 133 Å². The second-order valence-corrected chi connectivity index (χ2v) is 23.3. The number of anilines is 3. The molecule has 480 valence electrons. The van der Waals surface area contributed by atoms with Crippen LogP contribution in [0.1, 0.15) is 125 Å². The number of carbonyl (C=O) groups excluding carboxylic acids is 9. The number of nitrogens with zero attached hydrogens (tertiary/aromatic N) is 9. The van der Waals surface area contributed by atoms with E-state index in [1.807, 2.05) is 20.8 Å². The van der Waals surface area contributed by atoms with Crippen LogP contribution in [0, 0.1) is 35.2 Å². The van der Waals surface area contributed by atoms with E-state index in [9.17, 15) is 56.3 Å². The van der Waals surface area contributed by atoms with Gasteiger partial charge in [-0.3, -0.25) is 73.4 Å². The van der Waals surface area contributed by atoms with Gasteiger partial charge in [0.25, 0.3) is 0 Å². The molecule has 6 atom stereocenters. The van der Waals surface area contributed by atoms with Gasteiger partial charge in [0.1, 0.15) is 17.5 Å². The van der Waals surface area contributed by atoms with E-state index in [-0.39, 0.29) is 51.5 Å². The van der Waals surface area contributed by atoms with Crippen LogP contribution in [0.3, 0.4) is 0 Å². The van der Waals surface area contributed by atoms with Gasteiger partial charge in [-0.05, 0) is 111 Å². The van der Waals surface area contributed by atoms with Crippen molar-refractivity contribution in [3.8, 4) is 0 Å². The lowest BCUT2D eigenvalue weighted by Crippen LogP contribution is -2.46. The van der Waals surface area contributed by atoms with Crippen LogP contribution in [0.25, 0.3) is 32.7 Å². The Bertz CT molecular complexity index is 3970. The molecule has 12 rings (SSSR count). The normalized spacial score (nSPS) is 18.7. The minimum Gasteiger partial charge on any atom is -0.366 e. The average Bonchev–Trinajstić information content (AvgIpc) is 1.79. The number of nitrogens with one attached hydrogen (secondary N) is 6. The average molecular weight is 1270 g/mol. The summed E-state index contributed by atoms with van der Waals surface area (Å²) in [5.74, 6) is -8.07. The summed E-state index contributed by atoms with van der Waals surface area (Å²) in [4.78, 5) is 127. The molecule has 3 aromatic carbocycles. The standard InChI is InChI=1S/3C21H21FN6O3/c3*1-11-2-3-18(15-5-12-8-25-27-17(12)6-16(15)22)28(10-11)21(31)20(30)26-14-4-13(19(23)29)7-24-9-14/h3*4-9,11,18H,2-3,10H2,1H3,(H2,23,29)(H,25,27)(H,26,30)/t3*11-,18+/m110/s1. The van der Waals surface area contributed by atoms with Crippen molar-refractivity contribution in [1.82, 2.24) is 60.2 Å². The zero-order chi connectivity index (χ0) is 66.4. The Labute approximate surface area is 526 Å². The van der Waals surface area contributed by atoms with Gasteiger partial charge in [0.05, 0.1) is 106 Å². The number of aromatic nitrogens is 9. The molecule has 6 aromatic heterocycles. The molecule has 9 aromatic rings. The van der Waals surface area contributed by atoms with Crippen molar-refractivity contribution in [3.05, 3.63) is 161 Å². The van der Waals surface area contributed by atoms with Gasteiger partial charge in [0.15, 0.2) is 0 Å². The molecule has 9 heterocycles. The lowest BCUT2D eigenvalue weighted by molar-refractivity contribution is -0.146. The second-order valence-electron chi connectivity index (χ2n) is 23.3. The molecule has 3 aliphatic heterocycles. The van der Waals surface area contributed by atoms with E-state index in [1.54, 1.807) is 36.8 Å². The van der Waals surface area contributed by atoms with E-state index in [0.717, 1.165) is 35.4 Å². The zero-order valence-electron chi connectivity index (χ0n) is 50.3. The van der Waals surface area contributed by atoms with Crippen LogP contribution < -0.4 is 33.2 Å². The summed E-state index contributed by atoms with van der Waals surface area (Å²) in [6.07, 6.45) is 16.4. The Balaban J connectivity index is 0.000000153. The highest BCUT2D eigenvalue weighted by Crippen LogP contribution is 2.39. The number of halogens is 3. The van der Waals surface area contributed by atoms with E-state index >= 15 is 0 Å². The highest BCUT2D eigenvalue weighted by Gasteiger charge is 2.39. The van der Waals surface area contributed by atoms with Crippen LogP contribution in [0.4, 0.5) is 30.2 Å². The van der Waals surface area contributed by atoms with E-state index in [4.69, 9.17) is 17.2 Å². The first-order valence-electron chi connectivity index (χ1n) is 29.5. The van der Waals surface area contributed by atoms with E-state index in [0.29, 0.717) is 72.1 Å². The molecule has 0 bridgehead atoms. The number of benzene rings is 3. The van der Waals surface area contributed by atoms with Crippen molar-refractivity contribution >= 4 is 103 Å². The summed E-state index contributed by atoms with van der Waals surface area (Å²) >= 11 is 0. The van der Waals surface area contributed by atoms with Gasteiger partial charge < -0.3 is 47.9 Å². The Hall–Kier alpha value is -11.5. The number of fused-ring (bicyclic) bond motifs is 3. The molecule has 9 amide bonds. The number of hydrogen-bond donors (Lipinski definition) is 9. The Kier molecular flexibility index (Phi) is 19.2. The molecule has 30 heteroatoms. The van der Waals surface area contributed by atoms with Crippen LogP contribution in [0.5, 0.6) is 0 Å². The number of pyridine rings is 3. The molecule has 0 unspecified atom stereocenters. The number of likely N-dealkylation sites (tertiary alicyclic amines) is 3. The lowest BCUT2D eigenvalue weighted by atomic mass is 9.89. The van der Waals surface area contributed by atoms with Crippen molar-refractivity contribution in [3.63, 3.8) is 0 Å². The maximum atomic E-state index is 14.8. The third-order valence-electron chi connectivity index (χ3n) is 16.4. The van der Waals surface area contributed by atoms with Crippen molar-refractivity contribution in [2.45, 2.75) is 77.4 Å². The third kappa shape index (κ3) is 14.7. The predicted molar refractivity (Wildman–Crippen MR) is 331 cm³/mol. The van der Waals surface area contributed by atoms with Gasteiger partial charge in [-0.2, -0.15) is 15.3 Å².